The maximum atomic E-state index is 12.1. The Hall–Kier alpha value is -3.80. The van der Waals surface area contributed by atoms with Crippen molar-refractivity contribution in [1.29, 1.82) is 0 Å². The van der Waals surface area contributed by atoms with Crippen LogP contribution in [0.1, 0.15) is 5.56 Å². The number of methoxy groups -OCH3 is 1. The molecule has 0 atom stereocenters. The van der Waals surface area contributed by atoms with Crippen molar-refractivity contribution in [3.05, 3.63) is 78.6 Å². The first-order valence-corrected chi connectivity index (χ1v) is 9.42. The van der Waals surface area contributed by atoms with Crippen LogP contribution in [0.4, 0.5) is 10.5 Å². The average Bonchev–Trinajstić information content (AvgIpc) is 3.22. The highest BCUT2D eigenvalue weighted by atomic mass is 16.5. The molecule has 29 heavy (non-hydrogen) atoms. The molecule has 2 aromatic carbocycles. The van der Waals surface area contributed by atoms with Gasteiger partial charge in [0, 0.05) is 41.6 Å². The van der Waals surface area contributed by atoms with E-state index in [0.717, 1.165) is 34.1 Å². The van der Waals surface area contributed by atoms with E-state index in [0.29, 0.717) is 18.0 Å². The summed E-state index contributed by atoms with van der Waals surface area (Å²) in [6, 6.07) is 19.5. The number of ether oxygens (including phenoxy) is 1. The number of H-pyrrole nitrogens is 1. The lowest BCUT2D eigenvalue weighted by Crippen LogP contribution is -2.30. The Morgan fingerprint density at radius 2 is 1.97 bits per heavy atom. The van der Waals surface area contributed by atoms with Gasteiger partial charge in [-0.3, -0.25) is 0 Å². The van der Waals surface area contributed by atoms with Gasteiger partial charge in [0.05, 0.1) is 7.11 Å². The first-order chi connectivity index (χ1) is 14.2. The van der Waals surface area contributed by atoms with Crippen LogP contribution in [0.15, 0.2) is 73.1 Å². The number of nitrogens with one attached hydrogen (secondary N) is 3. The van der Waals surface area contributed by atoms with Crippen LogP contribution in [0.5, 0.6) is 5.75 Å². The lowest BCUT2D eigenvalue weighted by molar-refractivity contribution is 0.252. The predicted octanol–water partition coefficient (Wildman–Crippen LogP) is 4.60. The fourth-order valence-corrected chi connectivity index (χ4v) is 3.20. The first-order valence-electron chi connectivity index (χ1n) is 9.42. The van der Waals surface area contributed by atoms with Crippen molar-refractivity contribution in [2.75, 3.05) is 19.0 Å². The second-order valence-electron chi connectivity index (χ2n) is 6.70. The molecule has 6 heteroatoms. The van der Waals surface area contributed by atoms with Crippen LogP contribution in [-0.4, -0.2) is 29.7 Å². The van der Waals surface area contributed by atoms with Crippen molar-refractivity contribution in [2.24, 2.45) is 0 Å². The maximum Gasteiger partial charge on any atom is 0.319 e. The van der Waals surface area contributed by atoms with Gasteiger partial charge in [-0.15, -0.1) is 0 Å². The number of anilines is 1. The molecule has 0 unspecified atom stereocenters. The topological polar surface area (TPSA) is 79.0 Å². The molecule has 4 aromatic rings. The van der Waals surface area contributed by atoms with Gasteiger partial charge >= 0.3 is 6.03 Å². The van der Waals surface area contributed by atoms with Crippen molar-refractivity contribution < 1.29 is 9.53 Å². The van der Waals surface area contributed by atoms with Crippen LogP contribution in [-0.2, 0) is 6.42 Å². The van der Waals surface area contributed by atoms with Gasteiger partial charge in [-0.2, -0.15) is 0 Å². The van der Waals surface area contributed by atoms with Crippen molar-refractivity contribution >= 4 is 22.8 Å². The number of hydrogen-bond donors (Lipinski definition) is 3. The van der Waals surface area contributed by atoms with E-state index < -0.39 is 0 Å². The van der Waals surface area contributed by atoms with Crippen LogP contribution in [0.2, 0.25) is 0 Å². The maximum absolute atomic E-state index is 12.1. The Balaban J connectivity index is 1.35. The minimum absolute atomic E-state index is 0.239. The monoisotopic (exact) mass is 386 g/mol. The molecule has 0 aliphatic rings. The van der Waals surface area contributed by atoms with Crippen LogP contribution in [0, 0.1) is 0 Å². The van der Waals surface area contributed by atoms with Gasteiger partial charge in [0.15, 0.2) is 0 Å². The summed E-state index contributed by atoms with van der Waals surface area (Å²) in [5, 5.41) is 6.79. The normalized spacial score (nSPS) is 10.7. The number of urea groups is 1. The highest BCUT2D eigenvalue weighted by molar-refractivity contribution is 5.89. The van der Waals surface area contributed by atoms with Gasteiger partial charge in [-0.05, 0) is 41.8 Å². The van der Waals surface area contributed by atoms with Crippen LogP contribution in [0.3, 0.4) is 0 Å². The number of pyridine rings is 1. The van der Waals surface area contributed by atoms with Crippen molar-refractivity contribution in [3.63, 3.8) is 0 Å². The van der Waals surface area contributed by atoms with Crippen LogP contribution < -0.4 is 15.4 Å². The van der Waals surface area contributed by atoms with E-state index in [4.69, 9.17) is 4.74 Å². The Morgan fingerprint density at radius 1 is 1.07 bits per heavy atom. The molecule has 0 saturated heterocycles. The summed E-state index contributed by atoms with van der Waals surface area (Å²) in [5.74, 6) is 0.701. The molecule has 146 valence electrons. The third-order valence-electron chi connectivity index (χ3n) is 4.69. The number of nitrogens with zero attached hydrogens (tertiary/aromatic N) is 1. The number of carbonyl (C=O) groups excluding carboxylic acids is 1. The molecule has 3 N–H and O–H groups in total. The number of fused-ring (bicyclic) bond motifs is 1. The smallest absolute Gasteiger partial charge is 0.319 e. The Kier molecular flexibility index (Phi) is 5.42. The van der Waals surface area contributed by atoms with Gasteiger partial charge < -0.3 is 20.4 Å². The second kappa shape index (κ2) is 8.48. The lowest BCUT2D eigenvalue weighted by atomic mass is 10.0. The number of carbonyl (C=O) groups is 1. The van der Waals surface area contributed by atoms with Gasteiger partial charge in [0.25, 0.3) is 0 Å². The second-order valence-corrected chi connectivity index (χ2v) is 6.70. The van der Waals surface area contributed by atoms with Crippen molar-refractivity contribution in [1.82, 2.24) is 15.3 Å². The molecule has 0 spiro atoms. The zero-order valence-corrected chi connectivity index (χ0v) is 16.1. The quantitative estimate of drug-likeness (QED) is 0.453. The Labute approximate surface area is 168 Å². The summed E-state index contributed by atoms with van der Waals surface area (Å²) in [7, 11) is 1.60. The van der Waals surface area contributed by atoms with E-state index >= 15 is 0 Å². The fraction of sp³-hybridized carbons (Fsp3) is 0.130. The van der Waals surface area contributed by atoms with E-state index in [9.17, 15) is 4.79 Å². The molecule has 2 aromatic heterocycles. The van der Waals surface area contributed by atoms with Gasteiger partial charge in [-0.25, -0.2) is 9.78 Å². The summed E-state index contributed by atoms with van der Waals surface area (Å²) in [6.07, 6.45) is 4.50. The van der Waals surface area contributed by atoms with E-state index in [1.807, 2.05) is 42.7 Å². The zero-order valence-electron chi connectivity index (χ0n) is 16.1. The molecule has 2 heterocycles. The number of rotatable bonds is 6. The van der Waals surface area contributed by atoms with E-state index in [1.54, 1.807) is 13.2 Å². The van der Waals surface area contributed by atoms with E-state index in [2.05, 4.69) is 44.9 Å². The molecular formula is C23H22N4O2. The highest BCUT2D eigenvalue weighted by Crippen LogP contribution is 2.23. The number of benzene rings is 2. The summed E-state index contributed by atoms with van der Waals surface area (Å²) in [5.41, 5.74) is 4.91. The summed E-state index contributed by atoms with van der Waals surface area (Å²) in [4.78, 5) is 19.7. The standard InChI is InChI=1S/C23H22N4O2/c1-29-21-7-3-6-20(14-21)27-23(28)25-10-8-16-4-2-5-17(12-16)19-13-18-9-11-24-22(18)26-15-19/h2-7,9,11-15H,8,10H2,1H3,(H,24,26)(H2,25,27,28). The summed E-state index contributed by atoms with van der Waals surface area (Å²) in [6.45, 7) is 0.536. The molecular weight excluding hydrogens is 364 g/mol. The lowest BCUT2D eigenvalue weighted by Gasteiger charge is -2.09. The Bertz CT molecular complexity index is 1140. The molecule has 0 bridgehead atoms. The SMILES string of the molecule is COc1cccc(NC(=O)NCCc2cccc(-c3cnc4[nH]ccc4c3)c2)c1. The molecule has 2 amide bonds. The minimum atomic E-state index is -0.239. The van der Waals surface area contributed by atoms with Gasteiger partial charge in [0.2, 0.25) is 0 Å². The third kappa shape index (κ3) is 4.55. The minimum Gasteiger partial charge on any atom is -0.497 e. The van der Waals surface area contributed by atoms with E-state index in [-0.39, 0.29) is 6.03 Å². The Morgan fingerprint density at radius 3 is 2.86 bits per heavy atom. The molecule has 6 nitrogen and oxygen atoms in total. The molecule has 0 saturated carbocycles. The summed E-state index contributed by atoms with van der Waals surface area (Å²) < 4.78 is 5.16. The number of amides is 2. The van der Waals surface area contributed by atoms with Crippen LogP contribution >= 0.6 is 0 Å². The predicted molar refractivity (Wildman–Crippen MR) is 115 cm³/mol. The van der Waals surface area contributed by atoms with E-state index in [1.165, 1.54) is 0 Å². The first kappa shape index (κ1) is 18.6. The fourth-order valence-electron chi connectivity index (χ4n) is 3.20. The molecule has 0 aliphatic heterocycles. The molecule has 4 rings (SSSR count). The highest BCUT2D eigenvalue weighted by Gasteiger charge is 2.05. The number of aromatic nitrogens is 2. The van der Waals surface area contributed by atoms with Gasteiger partial charge in [-0.1, -0.05) is 30.3 Å². The third-order valence-corrected chi connectivity index (χ3v) is 4.69. The van der Waals surface area contributed by atoms with Crippen molar-refractivity contribution in [2.45, 2.75) is 6.42 Å². The van der Waals surface area contributed by atoms with Crippen molar-refractivity contribution in [3.8, 4) is 16.9 Å². The van der Waals surface area contributed by atoms with Gasteiger partial charge in [0.1, 0.15) is 11.4 Å². The number of hydrogen-bond acceptors (Lipinski definition) is 3. The number of aromatic amines is 1. The largest absolute Gasteiger partial charge is 0.497 e. The molecule has 0 aliphatic carbocycles. The zero-order chi connectivity index (χ0) is 20.1. The molecule has 0 fully saturated rings. The summed E-state index contributed by atoms with van der Waals surface area (Å²) >= 11 is 0. The molecule has 0 radical (unpaired) electrons. The van der Waals surface area contributed by atoms with Crippen LogP contribution in [0.25, 0.3) is 22.2 Å². The average molecular weight is 386 g/mol.